The first-order chi connectivity index (χ1) is 10.7. The van der Waals surface area contributed by atoms with E-state index in [0.29, 0.717) is 11.8 Å². The number of hydrogen-bond donors (Lipinski definition) is 1. The summed E-state index contributed by atoms with van der Waals surface area (Å²) in [4.78, 5) is 22.5. The van der Waals surface area contributed by atoms with Crippen molar-refractivity contribution >= 4 is 12.3 Å². The summed E-state index contributed by atoms with van der Waals surface area (Å²) in [5.41, 5.74) is 2.24. The molecule has 0 heterocycles. The molecular weight excluding hydrogens is 280 g/mol. The highest BCUT2D eigenvalue weighted by Crippen LogP contribution is 2.31. The quantitative estimate of drug-likeness (QED) is 0.506. The van der Waals surface area contributed by atoms with Crippen molar-refractivity contribution in [2.24, 2.45) is 0 Å². The van der Waals surface area contributed by atoms with E-state index >= 15 is 0 Å². The molecule has 0 aliphatic carbocycles. The SMILES string of the molecule is C=CC(=O)OC(c1ccccc1-c1ccccc1)C(O)C=O. The van der Waals surface area contributed by atoms with Gasteiger partial charge in [-0.2, -0.15) is 0 Å². The molecule has 0 bridgehead atoms. The Bertz CT molecular complexity index is 664. The summed E-state index contributed by atoms with van der Waals surface area (Å²) in [5.74, 6) is -0.700. The molecule has 0 aliphatic rings. The van der Waals surface area contributed by atoms with E-state index in [4.69, 9.17) is 4.74 Å². The zero-order valence-corrected chi connectivity index (χ0v) is 11.9. The minimum absolute atomic E-state index is 0.350. The fourth-order valence-electron chi connectivity index (χ4n) is 2.19. The topological polar surface area (TPSA) is 63.6 Å². The van der Waals surface area contributed by atoms with Crippen molar-refractivity contribution in [3.63, 3.8) is 0 Å². The number of ether oxygens (including phenoxy) is 1. The Balaban J connectivity index is 2.50. The van der Waals surface area contributed by atoms with Crippen LogP contribution in [0, 0.1) is 0 Å². The summed E-state index contributed by atoms with van der Waals surface area (Å²) < 4.78 is 5.16. The number of aliphatic hydroxyl groups is 1. The molecule has 0 saturated heterocycles. The van der Waals surface area contributed by atoms with Crippen LogP contribution in [-0.4, -0.2) is 23.5 Å². The van der Waals surface area contributed by atoms with Gasteiger partial charge in [0.05, 0.1) is 0 Å². The van der Waals surface area contributed by atoms with Crippen molar-refractivity contribution in [3.8, 4) is 11.1 Å². The molecule has 112 valence electrons. The highest BCUT2D eigenvalue weighted by atomic mass is 16.6. The Hall–Kier alpha value is -2.72. The monoisotopic (exact) mass is 296 g/mol. The average Bonchev–Trinajstić information content (AvgIpc) is 2.59. The first kappa shape index (κ1) is 15.7. The van der Waals surface area contributed by atoms with Gasteiger partial charge in [0.1, 0.15) is 0 Å². The van der Waals surface area contributed by atoms with Gasteiger partial charge in [-0.05, 0) is 11.1 Å². The summed E-state index contributed by atoms with van der Waals surface area (Å²) in [5, 5.41) is 9.91. The lowest BCUT2D eigenvalue weighted by Crippen LogP contribution is -2.25. The first-order valence-corrected chi connectivity index (χ1v) is 6.78. The van der Waals surface area contributed by atoms with Gasteiger partial charge in [-0.15, -0.1) is 0 Å². The van der Waals surface area contributed by atoms with Gasteiger partial charge in [-0.25, -0.2) is 4.79 Å². The van der Waals surface area contributed by atoms with E-state index in [9.17, 15) is 14.7 Å². The number of aldehydes is 1. The van der Waals surface area contributed by atoms with Crippen LogP contribution in [0.4, 0.5) is 0 Å². The lowest BCUT2D eigenvalue weighted by molar-refractivity contribution is -0.150. The predicted molar refractivity (Wildman–Crippen MR) is 83.0 cm³/mol. The molecule has 4 nitrogen and oxygen atoms in total. The fourth-order valence-corrected chi connectivity index (χ4v) is 2.19. The molecular formula is C18H16O4. The van der Waals surface area contributed by atoms with Crippen molar-refractivity contribution in [2.75, 3.05) is 0 Å². The van der Waals surface area contributed by atoms with E-state index in [0.717, 1.165) is 17.2 Å². The van der Waals surface area contributed by atoms with Gasteiger partial charge in [0, 0.05) is 11.6 Å². The standard InChI is InChI=1S/C18H16O4/c1-2-17(21)22-18(16(20)12-19)15-11-7-6-10-14(15)13-8-4-3-5-9-13/h2-12,16,18,20H,1H2. The Kier molecular flexibility index (Phi) is 5.22. The zero-order valence-electron chi connectivity index (χ0n) is 11.9. The maximum absolute atomic E-state index is 11.5. The number of hydrogen-bond acceptors (Lipinski definition) is 4. The largest absolute Gasteiger partial charge is 0.451 e. The van der Waals surface area contributed by atoms with E-state index in [1.54, 1.807) is 12.1 Å². The van der Waals surface area contributed by atoms with Gasteiger partial charge in [0.15, 0.2) is 18.5 Å². The number of aliphatic hydroxyl groups excluding tert-OH is 1. The predicted octanol–water partition coefficient (Wildman–Crippen LogP) is 2.68. The van der Waals surface area contributed by atoms with Crippen LogP contribution in [0.2, 0.25) is 0 Å². The smallest absolute Gasteiger partial charge is 0.330 e. The van der Waals surface area contributed by atoms with Gasteiger partial charge in [-0.3, -0.25) is 0 Å². The molecule has 2 atom stereocenters. The Morgan fingerprint density at radius 3 is 2.36 bits per heavy atom. The third-order valence-corrected chi connectivity index (χ3v) is 3.21. The van der Waals surface area contributed by atoms with Gasteiger partial charge in [-0.1, -0.05) is 61.2 Å². The lowest BCUT2D eigenvalue weighted by Gasteiger charge is -2.22. The number of rotatable bonds is 6. The molecule has 0 spiro atoms. The third-order valence-electron chi connectivity index (χ3n) is 3.21. The van der Waals surface area contributed by atoms with Gasteiger partial charge in [0.2, 0.25) is 0 Å². The molecule has 0 radical (unpaired) electrons. The molecule has 22 heavy (non-hydrogen) atoms. The van der Waals surface area contributed by atoms with Crippen LogP contribution in [0.15, 0.2) is 67.3 Å². The number of benzene rings is 2. The highest BCUT2D eigenvalue weighted by Gasteiger charge is 2.26. The number of carbonyl (C=O) groups is 2. The third kappa shape index (κ3) is 3.48. The average molecular weight is 296 g/mol. The van der Waals surface area contributed by atoms with Gasteiger partial charge >= 0.3 is 5.97 Å². The molecule has 2 aromatic rings. The minimum Gasteiger partial charge on any atom is -0.451 e. The van der Waals surface area contributed by atoms with Crippen molar-refractivity contribution in [1.29, 1.82) is 0 Å². The summed E-state index contributed by atoms with van der Waals surface area (Å²) in [6.45, 7) is 3.33. The molecule has 0 saturated carbocycles. The molecule has 0 fully saturated rings. The van der Waals surface area contributed by atoms with Crippen molar-refractivity contribution in [1.82, 2.24) is 0 Å². The Morgan fingerprint density at radius 2 is 1.73 bits per heavy atom. The van der Waals surface area contributed by atoms with Crippen LogP contribution in [0.3, 0.4) is 0 Å². The van der Waals surface area contributed by atoms with E-state index in [-0.39, 0.29) is 0 Å². The van der Waals surface area contributed by atoms with Crippen LogP contribution < -0.4 is 0 Å². The van der Waals surface area contributed by atoms with Crippen molar-refractivity contribution in [3.05, 3.63) is 72.8 Å². The molecule has 1 N–H and O–H groups in total. The zero-order chi connectivity index (χ0) is 15.9. The second-order valence-electron chi connectivity index (χ2n) is 4.64. The molecule has 0 aliphatic heterocycles. The van der Waals surface area contributed by atoms with Crippen LogP contribution in [0.25, 0.3) is 11.1 Å². The Morgan fingerprint density at radius 1 is 1.09 bits per heavy atom. The molecule has 4 heteroatoms. The second kappa shape index (κ2) is 7.33. The first-order valence-electron chi connectivity index (χ1n) is 6.78. The maximum atomic E-state index is 11.5. The molecule has 0 aromatic heterocycles. The van der Waals surface area contributed by atoms with E-state index < -0.39 is 18.2 Å². The summed E-state index contributed by atoms with van der Waals surface area (Å²) in [6.07, 6.45) is -1.19. The summed E-state index contributed by atoms with van der Waals surface area (Å²) in [7, 11) is 0. The highest BCUT2D eigenvalue weighted by molar-refractivity contribution is 5.82. The van der Waals surface area contributed by atoms with Crippen LogP contribution in [0.1, 0.15) is 11.7 Å². The van der Waals surface area contributed by atoms with Crippen LogP contribution in [0.5, 0.6) is 0 Å². The van der Waals surface area contributed by atoms with Crippen molar-refractivity contribution in [2.45, 2.75) is 12.2 Å². The lowest BCUT2D eigenvalue weighted by atomic mass is 9.94. The van der Waals surface area contributed by atoms with Crippen LogP contribution in [-0.2, 0) is 14.3 Å². The van der Waals surface area contributed by atoms with E-state index in [2.05, 4.69) is 6.58 Å². The van der Waals surface area contributed by atoms with E-state index in [1.165, 1.54) is 0 Å². The molecule has 2 aromatic carbocycles. The van der Waals surface area contributed by atoms with Crippen LogP contribution >= 0.6 is 0 Å². The fraction of sp³-hybridized carbons (Fsp3) is 0.111. The number of carbonyl (C=O) groups excluding carboxylic acids is 2. The maximum Gasteiger partial charge on any atom is 0.330 e. The molecule has 2 rings (SSSR count). The normalized spacial score (nSPS) is 13.0. The second-order valence-corrected chi connectivity index (χ2v) is 4.64. The number of esters is 1. The Labute approximate surface area is 128 Å². The van der Waals surface area contributed by atoms with Gasteiger partial charge < -0.3 is 14.6 Å². The summed E-state index contributed by atoms with van der Waals surface area (Å²) >= 11 is 0. The van der Waals surface area contributed by atoms with Gasteiger partial charge in [0.25, 0.3) is 0 Å². The molecule has 0 amide bonds. The molecule has 2 unspecified atom stereocenters. The summed E-state index contributed by atoms with van der Waals surface area (Å²) in [6, 6.07) is 16.6. The minimum atomic E-state index is -1.45. The van der Waals surface area contributed by atoms with Crippen molar-refractivity contribution < 1.29 is 19.4 Å². The van der Waals surface area contributed by atoms with E-state index in [1.807, 2.05) is 42.5 Å².